The van der Waals surface area contributed by atoms with Gasteiger partial charge in [0.2, 0.25) is 0 Å². The van der Waals surface area contributed by atoms with Crippen LogP contribution in [0.1, 0.15) is 19.8 Å². The van der Waals surface area contributed by atoms with Gasteiger partial charge in [-0.05, 0) is 31.9 Å². The van der Waals surface area contributed by atoms with Crippen LogP contribution >= 0.6 is 11.6 Å². The molecule has 1 aromatic rings. The molecule has 3 nitrogen and oxygen atoms in total. The van der Waals surface area contributed by atoms with Crippen molar-refractivity contribution in [1.29, 1.82) is 0 Å². The summed E-state index contributed by atoms with van der Waals surface area (Å²) in [4.78, 5) is 13.9. The number of carbonyl (C=O) groups excluding carboxylic acids is 1. The van der Waals surface area contributed by atoms with Gasteiger partial charge < -0.3 is 9.64 Å². The molecule has 1 aromatic carbocycles. The SMILES string of the molecule is CCOC(=O)C1CCN(c2ccccc2Cl)CC1. The van der Waals surface area contributed by atoms with E-state index in [-0.39, 0.29) is 11.9 Å². The molecule has 98 valence electrons. The number of esters is 1. The van der Waals surface area contributed by atoms with Crippen molar-refractivity contribution in [2.45, 2.75) is 19.8 Å². The van der Waals surface area contributed by atoms with Gasteiger partial charge in [-0.1, -0.05) is 23.7 Å². The third-order valence-electron chi connectivity index (χ3n) is 3.31. The van der Waals surface area contributed by atoms with Gasteiger partial charge in [-0.15, -0.1) is 0 Å². The fourth-order valence-corrected chi connectivity index (χ4v) is 2.58. The largest absolute Gasteiger partial charge is 0.466 e. The monoisotopic (exact) mass is 267 g/mol. The lowest BCUT2D eigenvalue weighted by atomic mass is 9.96. The molecular weight excluding hydrogens is 250 g/mol. The van der Waals surface area contributed by atoms with Gasteiger partial charge >= 0.3 is 5.97 Å². The maximum absolute atomic E-state index is 11.6. The Morgan fingerprint density at radius 3 is 2.67 bits per heavy atom. The normalized spacial score (nSPS) is 16.7. The number of para-hydroxylation sites is 1. The zero-order chi connectivity index (χ0) is 13.0. The molecule has 0 atom stereocenters. The van der Waals surface area contributed by atoms with Crippen molar-refractivity contribution >= 4 is 23.3 Å². The Morgan fingerprint density at radius 2 is 2.06 bits per heavy atom. The first-order chi connectivity index (χ1) is 8.72. The van der Waals surface area contributed by atoms with Gasteiger partial charge in [0.05, 0.1) is 23.2 Å². The quantitative estimate of drug-likeness (QED) is 0.788. The van der Waals surface area contributed by atoms with E-state index in [0.717, 1.165) is 36.6 Å². The smallest absolute Gasteiger partial charge is 0.309 e. The van der Waals surface area contributed by atoms with Gasteiger partial charge in [0, 0.05) is 13.1 Å². The highest BCUT2D eigenvalue weighted by Gasteiger charge is 2.26. The van der Waals surface area contributed by atoms with Crippen LogP contribution in [0.2, 0.25) is 5.02 Å². The van der Waals surface area contributed by atoms with E-state index < -0.39 is 0 Å². The van der Waals surface area contributed by atoms with E-state index in [0.29, 0.717) is 6.61 Å². The minimum Gasteiger partial charge on any atom is -0.466 e. The van der Waals surface area contributed by atoms with Crippen LogP contribution in [0, 0.1) is 5.92 Å². The van der Waals surface area contributed by atoms with Crippen LogP contribution in [-0.2, 0) is 9.53 Å². The summed E-state index contributed by atoms with van der Waals surface area (Å²) in [6, 6.07) is 7.83. The average Bonchev–Trinajstić information content (AvgIpc) is 2.40. The number of benzene rings is 1. The number of carbonyl (C=O) groups is 1. The summed E-state index contributed by atoms with van der Waals surface area (Å²) in [7, 11) is 0. The third kappa shape index (κ3) is 2.96. The van der Waals surface area contributed by atoms with Crippen LogP contribution in [0.3, 0.4) is 0 Å². The van der Waals surface area contributed by atoms with Gasteiger partial charge in [-0.25, -0.2) is 0 Å². The predicted octanol–water partition coefficient (Wildman–Crippen LogP) is 3.12. The minimum atomic E-state index is -0.0590. The summed E-state index contributed by atoms with van der Waals surface area (Å²) in [6.07, 6.45) is 1.67. The van der Waals surface area contributed by atoms with Crippen LogP contribution in [0.15, 0.2) is 24.3 Å². The van der Waals surface area contributed by atoms with Crippen LogP contribution in [0.25, 0.3) is 0 Å². The molecule has 0 unspecified atom stereocenters. The second-order valence-electron chi connectivity index (χ2n) is 4.46. The molecule has 1 aliphatic heterocycles. The lowest BCUT2D eigenvalue weighted by Crippen LogP contribution is -2.37. The number of hydrogen-bond acceptors (Lipinski definition) is 3. The molecular formula is C14H18ClNO2. The lowest BCUT2D eigenvalue weighted by molar-refractivity contribution is -0.148. The Kier molecular flexibility index (Phi) is 4.48. The molecule has 0 saturated carbocycles. The van der Waals surface area contributed by atoms with Gasteiger partial charge in [0.15, 0.2) is 0 Å². The highest BCUT2D eigenvalue weighted by atomic mass is 35.5. The Morgan fingerprint density at radius 1 is 1.39 bits per heavy atom. The first-order valence-electron chi connectivity index (χ1n) is 6.38. The fourth-order valence-electron chi connectivity index (χ4n) is 2.32. The minimum absolute atomic E-state index is 0.0451. The molecule has 1 fully saturated rings. The van der Waals surface area contributed by atoms with Crippen LogP contribution < -0.4 is 4.90 Å². The van der Waals surface area contributed by atoms with Crippen molar-refractivity contribution in [3.05, 3.63) is 29.3 Å². The Bertz CT molecular complexity index is 414. The van der Waals surface area contributed by atoms with Crippen LogP contribution in [-0.4, -0.2) is 25.7 Å². The van der Waals surface area contributed by atoms with Crippen molar-refractivity contribution in [2.75, 3.05) is 24.6 Å². The van der Waals surface area contributed by atoms with Crippen molar-refractivity contribution in [3.63, 3.8) is 0 Å². The van der Waals surface area contributed by atoms with Crippen molar-refractivity contribution < 1.29 is 9.53 Å². The fraction of sp³-hybridized carbons (Fsp3) is 0.500. The molecule has 0 aliphatic carbocycles. The first-order valence-corrected chi connectivity index (χ1v) is 6.76. The zero-order valence-electron chi connectivity index (χ0n) is 10.6. The van der Waals surface area contributed by atoms with E-state index in [2.05, 4.69) is 4.90 Å². The molecule has 18 heavy (non-hydrogen) atoms. The summed E-state index contributed by atoms with van der Waals surface area (Å²) in [6.45, 7) is 4.01. The Hall–Kier alpha value is -1.22. The van der Waals surface area contributed by atoms with E-state index in [9.17, 15) is 4.79 Å². The molecule has 4 heteroatoms. The van der Waals surface area contributed by atoms with E-state index >= 15 is 0 Å². The molecule has 1 heterocycles. The number of rotatable bonds is 3. The Labute approximate surface area is 113 Å². The standard InChI is InChI=1S/C14H18ClNO2/c1-2-18-14(17)11-7-9-16(10-8-11)13-6-4-3-5-12(13)15/h3-6,11H,2,7-10H2,1H3. The first kappa shape index (κ1) is 13.2. The van der Waals surface area contributed by atoms with E-state index in [1.54, 1.807) is 0 Å². The third-order valence-corrected chi connectivity index (χ3v) is 3.63. The molecule has 0 amide bonds. The molecule has 2 rings (SSSR count). The van der Waals surface area contributed by atoms with Crippen molar-refractivity contribution in [3.8, 4) is 0 Å². The number of nitrogens with zero attached hydrogens (tertiary/aromatic N) is 1. The topological polar surface area (TPSA) is 29.5 Å². The van der Waals surface area contributed by atoms with Gasteiger partial charge in [0.25, 0.3) is 0 Å². The maximum Gasteiger partial charge on any atom is 0.309 e. The number of ether oxygens (including phenoxy) is 1. The maximum atomic E-state index is 11.6. The highest BCUT2D eigenvalue weighted by molar-refractivity contribution is 6.33. The summed E-state index contributed by atoms with van der Waals surface area (Å²) < 4.78 is 5.06. The van der Waals surface area contributed by atoms with Crippen LogP contribution in [0.4, 0.5) is 5.69 Å². The molecule has 0 radical (unpaired) electrons. The highest BCUT2D eigenvalue weighted by Crippen LogP contribution is 2.29. The van der Waals surface area contributed by atoms with Gasteiger partial charge in [-0.2, -0.15) is 0 Å². The van der Waals surface area contributed by atoms with E-state index in [1.165, 1.54) is 0 Å². The molecule has 0 spiro atoms. The Balaban J connectivity index is 1.95. The van der Waals surface area contributed by atoms with Gasteiger partial charge in [-0.3, -0.25) is 4.79 Å². The molecule has 0 N–H and O–H groups in total. The summed E-state index contributed by atoms with van der Waals surface area (Å²) in [5.41, 5.74) is 1.06. The lowest BCUT2D eigenvalue weighted by Gasteiger charge is -2.33. The molecule has 0 bridgehead atoms. The average molecular weight is 268 g/mol. The number of hydrogen-bond donors (Lipinski definition) is 0. The molecule has 0 aromatic heterocycles. The number of anilines is 1. The predicted molar refractivity (Wildman–Crippen MR) is 73.0 cm³/mol. The van der Waals surface area contributed by atoms with Crippen LogP contribution in [0.5, 0.6) is 0 Å². The van der Waals surface area contributed by atoms with Crippen molar-refractivity contribution in [1.82, 2.24) is 0 Å². The zero-order valence-corrected chi connectivity index (χ0v) is 11.3. The number of halogens is 1. The second-order valence-corrected chi connectivity index (χ2v) is 4.87. The van der Waals surface area contributed by atoms with Gasteiger partial charge in [0.1, 0.15) is 0 Å². The summed E-state index contributed by atoms with van der Waals surface area (Å²) in [5, 5.41) is 0.770. The van der Waals surface area contributed by atoms with E-state index in [1.807, 2.05) is 31.2 Å². The molecule has 1 aliphatic rings. The summed E-state index contributed by atoms with van der Waals surface area (Å²) in [5.74, 6) is -0.0139. The second kappa shape index (κ2) is 6.10. The molecule has 1 saturated heterocycles. The van der Waals surface area contributed by atoms with E-state index in [4.69, 9.17) is 16.3 Å². The van der Waals surface area contributed by atoms with Crippen molar-refractivity contribution in [2.24, 2.45) is 5.92 Å². The number of piperidine rings is 1. The summed E-state index contributed by atoms with van der Waals surface area (Å²) >= 11 is 6.17.